The maximum atomic E-state index is 12.5. The van der Waals surface area contributed by atoms with Crippen molar-refractivity contribution >= 4 is 61.6 Å². The number of carbonyl (C=O) groups excluding carboxylic acids is 4. The van der Waals surface area contributed by atoms with Gasteiger partial charge in [-0.05, 0) is 89.9 Å². The van der Waals surface area contributed by atoms with Gasteiger partial charge in [0.05, 0.1) is 0 Å². The van der Waals surface area contributed by atoms with Crippen LogP contribution < -0.4 is 10.2 Å². The molecule has 0 spiro atoms. The van der Waals surface area contributed by atoms with Crippen molar-refractivity contribution in [2.45, 2.75) is 438 Å². The molecule has 476 valence electrons. The molecule has 0 radical (unpaired) electrons. The molecule has 0 aliphatic carbocycles. The summed E-state index contributed by atoms with van der Waals surface area (Å²) in [5, 5.41) is 20.9. The zero-order chi connectivity index (χ0) is 58.7. The summed E-state index contributed by atoms with van der Waals surface area (Å²) in [7, 11) is 0. The Balaban J connectivity index is -0.00000148. The first kappa shape index (κ1) is 84.3. The van der Waals surface area contributed by atoms with Crippen molar-refractivity contribution in [2.75, 3.05) is 0 Å². The third-order valence-electron chi connectivity index (χ3n) is 16.6. The van der Waals surface area contributed by atoms with Crippen LogP contribution in [0.1, 0.15) is 426 Å². The summed E-state index contributed by atoms with van der Waals surface area (Å²) in [5.41, 5.74) is 0. The minimum absolute atomic E-state index is 0. The molecular weight excluding hydrogens is 1030 g/mol. The molecule has 0 bridgehead atoms. The van der Waals surface area contributed by atoms with Gasteiger partial charge in [-0.2, -0.15) is 0 Å². The van der Waals surface area contributed by atoms with Crippen LogP contribution in [-0.4, -0.2) is 73.8 Å². The second kappa shape index (κ2) is 73.4. The van der Waals surface area contributed by atoms with Crippen LogP contribution in [-0.2, 0) is 28.7 Å². The van der Waals surface area contributed by atoms with E-state index in [-0.39, 0.29) is 74.7 Å². The van der Waals surface area contributed by atoms with E-state index in [4.69, 9.17) is 9.47 Å². The Morgan fingerprint density at radius 2 is 0.383 bits per heavy atom. The normalized spacial score (nSPS) is 11.9. The van der Waals surface area contributed by atoms with Crippen LogP contribution in [0.5, 0.6) is 0 Å². The first-order valence-electron chi connectivity index (χ1n) is 36.0. The van der Waals surface area contributed by atoms with Crippen LogP contribution in [0, 0.1) is 0 Å². The van der Waals surface area contributed by atoms with E-state index in [1.807, 2.05) is 0 Å². The summed E-state index contributed by atoms with van der Waals surface area (Å²) in [6.45, 7) is 9.01. The molecule has 0 saturated heterocycles. The van der Waals surface area contributed by atoms with Gasteiger partial charge in [0, 0.05) is 24.8 Å². The zero-order valence-corrected chi connectivity index (χ0v) is 57.2. The second-order valence-electron chi connectivity index (χ2n) is 24.8. The third-order valence-corrected chi connectivity index (χ3v) is 16.6. The minimum Gasteiger partial charge on any atom is -0.550 e. The van der Waals surface area contributed by atoms with Gasteiger partial charge in [-0.15, -0.1) is 0 Å². The number of aliphatic carboxylic acids is 2. The number of hydrogen-bond acceptors (Lipinski definition) is 8. The van der Waals surface area contributed by atoms with Crippen LogP contribution in [0.3, 0.4) is 0 Å². The van der Waals surface area contributed by atoms with E-state index in [0.29, 0.717) is 12.8 Å². The van der Waals surface area contributed by atoms with Crippen LogP contribution >= 0.6 is 0 Å². The number of carbonyl (C=O) groups is 4. The SMILES string of the molecule is CCCCCCCCCCCCCCCCCC(=O)OC(CCCCC)CCCCCCCCCCCC(=O)[O-].CCCCCCCCCCCCCCCCCC(=O)OC(CCCCC)CCCCCCCCCCCC(=O)[O-].[Ca+2]. The van der Waals surface area contributed by atoms with E-state index in [9.17, 15) is 29.4 Å². The van der Waals surface area contributed by atoms with Gasteiger partial charge < -0.3 is 29.3 Å². The monoisotopic (exact) mass is 1170 g/mol. The fraction of sp³-hybridized carbons (Fsp3) is 0.944. The van der Waals surface area contributed by atoms with Crippen LogP contribution in [0.25, 0.3) is 0 Å². The quantitative estimate of drug-likeness (QED) is 0.0334. The standard InChI is InChI=1S/2C36H70O4.Ca/c2*1-3-5-7-8-9-10-11-12-13-14-15-19-22-25-29-33-36(39)40-34(30-26-6-4-2)31-27-23-20-17-16-18-21-24-28-32-35(37)38;/h2*34H,3-33H2,1-2H3,(H,37,38);/q;;+2/p-2. The average Bonchev–Trinajstić information content (AvgIpc) is 3.43. The summed E-state index contributed by atoms with van der Waals surface area (Å²) >= 11 is 0. The Kier molecular flexibility index (Phi) is 76.4. The average molecular weight is 1170 g/mol. The Bertz CT molecular complexity index is 1170. The molecule has 0 saturated carbocycles. The van der Waals surface area contributed by atoms with Gasteiger partial charge in [-0.1, -0.05) is 323 Å². The number of carboxylic acids is 2. The minimum atomic E-state index is -0.927. The van der Waals surface area contributed by atoms with Gasteiger partial charge in [0.25, 0.3) is 0 Å². The van der Waals surface area contributed by atoms with Crippen molar-refractivity contribution in [3.8, 4) is 0 Å². The van der Waals surface area contributed by atoms with Crippen molar-refractivity contribution in [1.29, 1.82) is 0 Å². The van der Waals surface area contributed by atoms with Crippen LogP contribution in [0.15, 0.2) is 0 Å². The molecule has 0 N–H and O–H groups in total. The molecule has 0 aromatic carbocycles. The maximum absolute atomic E-state index is 12.5. The van der Waals surface area contributed by atoms with Crippen molar-refractivity contribution < 1.29 is 38.9 Å². The van der Waals surface area contributed by atoms with Crippen molar-refractivity contribution in [1.82, 2.24) is 0 Å². The summed E-state index contributed by atoms with van der Waals surface area (Å²) in [6, 6.07) is 0. The van der Waals surface area contributed by atoms with E-state index in [0.717, 1.165) is 116 Å². The molecule has 9 heteroatoms. The van der Waals surface area contributed by atoms with Crippen molar-refractivity contribution in [3.05, 3.63) is 0 Å². The van der Waals surface area contributed by atoms with E-state index in [2.05, 4.69) is 27.7 Å². The summed E-state index contributed by atoms with van der Waals surface area (Å²) in [5.74, 6) is -1.81. The van der Waals surface area contributed by atoms with E-state index < -0.39 is 11.9 Å². The number of carboxylic acid groups (broad SMARTS) is 2. The van der Waals surface area contributed by atoms with Gasteiger partial charge in [0.1, 0.15) is 12.2 Å². The summed E-state index contributed by atoms with van der Waals surface area (Å²) in [6.07, 6.45) is 73.6. The first-order chi connectivity index (χ1) is 39.2. The molecule has 0 aromatic heterocycles. The summed E-state index contributed by atoms with van der Waals surface area (Å²) in [4.78, 5) is 45.8. The van der Waals surface area contributed by atoms with Crippen LogP contribution in [0.4, 0.5) is 0 Å². The largest absolute Gasteiger partial charge is 2.00 e. The Morgan fingerprint density at radius 3 is 0.580 bits per heavy atom. The van der Waals surface area contributed by atoms with E-state index in [1.54, 1.807) is 0 Å². The van der Waals surface area contributed by atoms with E-state index >= 15 is 0 Å². The fourth-order valence-corrected chi connectivity index (χ4v) is 11.3. The Hall–Kier alpha value is -0.860. The number of unbranched alkanes of at least 4 members (excludes halogenated alkanes) is 48. The number of ether oxygens (including phenoxy) is 2. The molecule has 0 aliphatic rings. The molecule has 81 heavy (non-hydrogen) atoms. The second-order valence-corrected chi connectivity index (χ2v) is 24.8. The van der Waals surface area contributed by atoms with Crippen LogP contribution in [0.2, 0.25) is 0 Å². The molecule has 0 aromatic rings. The molecule has 0 rings (SSSR count). The first-order valence-corrected chi connectivity index (χ1v) is 36.0. The van der Waals surface area contributed by atoms with Gasteiger partial charge in [0.15, 0.2) is 0 Å². The van der Waals surface area contributed by atoms with Gasteiger partial charge in [0.2, 0.25) is 0 Å². The predicted octanol–water partition coefficient (Wildman–Crippen LogP) is 21.2. The van der Waals surface area contributed by atoms with Gasteiger partial charge in [-0.3, -0.25) is 9.59 Å². The van der Waals surface area contributed by atoms with Crippen molar-refractivity contribution in [2.24, 2.45) is 0 Å². The van der Waals surface area contributed by atoms with E-state index in [1.165, 1.54) is 257 Å². The smallest absolute Gasteiger partial charge is 0.550 e. The molecule has 0 fully saturated rings. The topological polar surface area (TPSA) is 133 Å². The van der Waals surface area contributed by atoms with Gasteiger partial charge in [-0.25, -0.2) is 0 Å². The van der Waals surface area contributed by atoms with Crippen molar-refractivity contribution in [3.63, 3.8) is 0 Å². The molecule has 0 heterocycles. The number of rotatable bonds is 66. The zero-order valence-electron chi connectivity index (χ0n) is 55.0. The third kappa shape index (κ3) is 75.2. The molecule has 2 unspecified atom stereocenters. The van der Waals surface area contributed by atoms with Gasteiger partial charge >= 0.3 is 49.7 Å². The molecule has 0 amide bonds. The fourth-order valence-electron chi connectivity index (χ4n) is 11.3. The maximum Gasteiger partial charge on any atom is 2.00 e. The molecule has 8 nitrogen and oxygen atoms in total. The Labute approximate surface area is 534 Å². The summed E-state index contributed by atoms with van der Waals surface area (Å²) < 4.78 is 11.9. The molecule has 2 atom stereocenters. The molecular formula is C72H138CaO8. The molecule has 0 aliphatic heterocycles. The predicted molar refractivity (Wildman–Crippen MR) is 344 cm³/mol. The Morgan fingerprint density at radius 1 is 0.235 bits per heavy atom. The number of hydrogen-bond donors (Lipinski definition) is 0. The number of esters is 2.